The van der Waals surface area contributed by atoms with Gasteiger partial charge in [-0.1, -0.05) is 18.2 Å². The first-order valence-electron chi connectivity index (χ1n) is 5.68. The Morgan fingerprint density at radius 2 is 1.48 bits per heavy atom. The Bertz CT molecular complexity index is 956. The van der Waals surface area contributed by atoms with Gasteiger partial charge in [-0.3, -0.25) is 4.55 Å². The summed E-state index contributed by atoms with van der Waals surface area (Å²) in [6.45, 7) is 0. The first kappa shape index (κ1) is 19.6. The Balaban J connectivity index is 2.62. The molecule has 6 nitrogen and oxygen atoms in total. The van der Waals surface area contributed by atoms with E-state index in [2.05, 4.69) is 0 Å². The van der Waals surface area contributed by atoms with Crippen LogP contribution in [-0.2, 0) is 20.2 Å². The summed E-state index contributed by atoms with van der Waals surface area (Å²) in [5.41, 5.74) is 0. The molecule has 0 heterocycles. The van der Waals surface area contributed by atoms with E-state index in [0.717, 1.165) is 0 Å². The fraction of sp³-hybridized carbons (Fsp3) is 0. The average Bonchev–Trinajstić information content (AvgIpc) is 2.42. The first-order valence-corrected chi connectivity index (χ1v) is 11.8. The predicted octanol–water partition coefficient (Wildman–Crippen LogP) is 3.51. The van der Waals surface area contributed by atoms with Crippen molar-refractivity contribution in [1.29, 1.82) is 0 Å². The van der Waals surface area contributed by atoms with Gasteiger partial charge < -0.3 is 4.18 Å². The maximum Gasteiger partial charge on any atom is 0.339 e. The highest BCUT2D eigenvalue weighted by Crippen LogP contribution is 2.37. The molecule has 0 aliphatic rings. The Morgan fingerprint density at radius 1 is 0.913 bits per heavy atom. The van der Waals surface area contributed by atoms with E-state index in [-0.39, 0.29) is 22.7 Å². The Labute approximate surface area is 174 Å². The molecule has 0 saturated carbocycles. The lowest BCUT2D eigenvalue weighted by Crippen LogP contribution is -2.14. The molecule has 0 saturated heterocycles. The molecule has 0 aliphatic heterocycles. The van der Waals surface area contributed by atoms with Crippen LogP contribution in [0.1, 0.15) is 0 Å². The lowest BCUT2D eigenvalue weighted by molar-refractivity contribution is 0.471. The zero-order chi connectivity index (χ0) is 17.4. The molecule has 2 rings (SSSR count). The van der Waals surface area contributed by atoms with E-state index in [4.69, 9.17) is 4.18 Å². The van der Waals surface area contributed by atoms with Gasteiger partial charge in [0.05, 0.1) is 7.14 Å². The van der Waals surface area contributed by atoms with Crippen molar-refractivity contribution in [2.24, 2.45) is 0 Å². The van der Waals surface area contributed by atoms with Crippen molar-refractivity contribution in [3.05, 3.63) is 47.1 Å². The highest BCUT2D eigenvalue weighted by molar-refractivity contribution is 14.1. The molecule has 11 heteroatoms. The number of hydrogen-bond donors (Lipinski definition) is 1. The van der Waals surface area contributed by atoms with Crippen molar-refractivity contribution >= 4 is 88.0 Å². The highest BCUT2D eigenvalue weighted by Gasteiger charge is 2.27. The van der Waals surface area contributed by atoms with Crippen LogP contribution in [0.5, 0.6) is 5.75 Å². The topological polar surface area (TPSA) is 97.7 Å². The van der Waals surface area contributed by atoms with Crippen LogP contribution in [0.25, 0.3) is 0 Å². The van der Waals surface area contributed by atoms with E-state index in [1.807, 2.05) is 22.6 Å². The van der Waals surface area contributed by atoms with Gasteiger partial charge in [-0.25, -0.2) is 0 Å². The van der Waals surface area contributed by atoms with Gasteiger partial charge in [-0.2, -0.15) is 16.8 Å². The third-order valence-corrected chi connectivity index (χ3v) is 8.16. The minimum absolute atomic E-state index is 0.000839. The van der Waals surface area contributed by atoms with Gasteiger partial charge in [0.25, 0.3) is 10.1 Å². The summed E-state index contributed by atoms with van der Waals surface area (Å²) in [6.07, 6.45) is 0. The summed E-state index contributed by atoms with van der Waals surface area (Å²) in [4.78, 5) is -0.434. The van der Waals surface area contributed by atoms with E-state index in [1.165, 1.54) is 18.2 Å². The van der Waals surface area contributed by atoms with E-state index >= 15 is 0 Å². The van der Waals surface area contributed by atoms with Crippen LogP contribution in [0.2, 0.25) is 0 Å². The smallest absolute Gasteiger partial charge is 0.339 e. The van der Waals surface area contributed by atoms with Gasteiger partial charge in [0, 0.05) is 3.57 Å². The number of hydrogen-bond acceptors (Lipinski definition) is 5. The summed E-state index contributed by atoms with van der Waals surface area (Å²) < 4.78 is 62.8. The molecule has 0 amide bonds. The molecule has 0 unspecified atom stereocenters. The van der Waals surface area contributed by atoms with Crippen molar-refractivity contribution in [2.45, 2.75) is 9.79 Å². The fourth-order valence-electron chi connectivity index (χ4n) is 1.61. The minimum atomic E-state index is -4.52. The molecule has 23 heavy (non-hydrogen) atoms. The van der Waals surface area contributed by atoms with E-state index in [0.29, 0.717) is 3.57 Å². The lowest BCUT2D eigenvalue weighted by Gasteiger charge is -2.13. The summed E-state index contributed by atoms with van der Waals surface area (Å²) in [5, 5.41) is 0. The Morgan fingerprint density at radius 3 is 2.00 bits per heavy atom. The summed E-state index contributed by atoms with van der Waals surface area (Å²) in [6, 6.07) is 8.90. The SMILES string of the molecule is O=S(=O)(O)c1c(I)cc(I)c(OS(=O)(=O)c2ccccc2)c1I. The third-order valence-electron chi connectivity index (χ3n) is 2.57. The van der Waals surface area contributed by atoms with E-state index in [1.54, 1.807) is 63.4 Å². The molecule has 1 N–H and O–H groups in total. The maximum atomic E-state index is 12.3. The summed E-state index contributed by atoms with van der Waals surface area (Å²) >= 11 is 5.23. The average molecular weight is 692 g/mol. The van der Waals surface area contributed by atoms with Crippen LogP contribution >= 0.6 is 67.8 Å². The maximum absolute atomic E-state index is 12.3. The van der Waals surface area contributed by atoms with Crippen molar-refractivity contribution in [3.63, 3.8) is 0 Å². The highest BCUT2D eigenvalue weighted by atomic mass is 127. The van der Waals surface area contributed by atoms with Crippen LogP contribution < -0.4 is 4.18 Å². The van der Waals surface area contributed by atoms with Crippen LogP contribution in [0.3, 0.4) is 0 Å². The zero-order valence-electron chi connectivity index (χ0n) is 10.9. The second-order valence-corrected chi connectivity index (χ2v) is 10.4. The molecule has 0 spiro atoms. The molecule has 0 bridgehead atoms. The number of halogens is 3. The van der Waals surface area contributed by atoms with Gasteiger partial charge in [-0.15, -0.1) is 0 Å². The second-order valence-electron chi connectivity index (χ2n) is 4.14. The van der Waals surface area contributed by atoms with Crippen LogP contribution in [0, 0.1) is 10.7 Å². The van der Waals surface area contributed by atoms with Crippen LogP contribution in [0.15, 0.2) is 46.2 Å². The molecular formula is C12H7I3O6S2. The van der Waals surface area contributed by atoms with E-state index < -0.39 is 20.2 Å². The lowest BCUT2D eigenvalue weighted by atomic mass is 10.3. The van der Waals surface area contributed by atoms with Crippen LogP contribution in [-0.4, -0.2) is 21.4 Å². The fourth-order valence-corrected chi connectivity index (χ4v) is 8.78. The summed E-state index contributed by atoms with van der Waals surface area (Å²) in [5.74, 6) is -0.136. The number of rotatable bonds is 4. The molecule has 0 radical (unpaired) electrons. The standard InChI is InChI=1S/C12H7I3O6S2/c13-8-6-9(14)12(22(16,17)18)10(15)11(8)21-23(19,20)7-4-2-1-3-5-7/h1-6H,(H,16,17,18). The van der Waals surface area contributed by atoms with Crippen molar-refractivity contribution in [3.8, 4) is 5.75 Å². The molecule has 2 aromatic rings. The van der Waals surface area contributed by atoms with Gasteiger partial charge in [0.2, 0.25) is 0 Å². The second kappa shape index (κ2) is 7.27. The molecular weight excluding hydrogens is 685 g/mol. The quantitative estimate of drug-likeness (QED) is 0.300. The van der Waals surface area contributed by atoms with Gasteiger partial charge >= 0.3 is 10.1 Å². The molecule has 124 valence electrons. The number of benzene rings is 2. The van der Waals surface area contributed by atoms with Gasteiger partial charge in [0.1, 0.15) is 9.79 Å². The molecule has 0 atom stereocenters. The Hall–Kier alpha value is 0.290. The van der Waals surface area contributed by atoms with Gasteiger partial charge in [0.15, 0.2) is 5.75 Å². The minimum Gasteiger partial charge on any atom is -0.377 e. The molecule has 2 aromatic carbocycles. The Kier molecular flexibility index (Phi) is 6.20. The van der Waals surface area contributed by atoms with Crippen molar-refractivity contribution in [2.75, 3.05) is 0 Å². The summed E-state index contributed by atoms with van der Waals surface area (Å²) in [7, 11) is -8.64. The monoisotopic (exact) mass is 692 g/mol. The van der Waals surface area contributed by atoms with E-state index in [9.17, 15) is 21.4 Å². The molecule has 0 aliphatic carbocycles. The molecule has 0 aromatic heterocycles. The normalized spacial score (nSPS) is 12.2. The largest absolute Gasteiger partial charge is 0.377 e. The van der Waals surface area contributed by atoms with Crippen molar-refractivity contribution in [1.82, 2.24) is 0 Å². The van der Waals surface area contributed by atoms with Gasteiger partial charge in [-0.05, 0) is 86.0 Å². The molecule has 0 fully saturated rings. The zero-order valence-corrected chi connectivity index (χ0v) is 19.0. The third kappa shape index (κ3) is 4.47. The van der Waals surface area contributed by atoms with Crippen molar-refractivity contribution < 1.29 is 25.6 Å². The van der Waals surface area contributed by atoms with Crippen LogP contribution in [0.4, 0.5) is 0 Å². The first-order chi connectivity index (χ1) is 10.5. The predicted molar refractivity (Wildman–Crippen MR) is 109 cm³/mol.